The average molecular weight is 557 g/mol. The van der Waals surface area contributed by atoms with Crippen LogP contribution < -0.4 is 21.3 Å². The van der Waals surface area contributed by atoms with Crippen molar-refractivity contribution in [2.24, 2.45) is 0 Å². The third-order valence-electron chi connectivity index (χ3n) is 6.31. The van der Waals surface area contributed by atoms with E-state index in [1.165, 1.54) is 32.4 Å². The second-order valence-corrected chi connectivity index (χ2v) is 10.8. The number of carbonyl (C=O) groups is 2. The molecule has 0 bridgehead atoms. The van der Waals surface area contributed by atoms with Gasteiger partial charge >= 0.3 is 11.7 Å². The van der Waals surface area contributed by atoms with Crippen LogP contribution in [0.2, 0.25) is 0 Å². The summed E-state index contributed by atoms with van der Waals surface area (Å²) in [6, 6.07) is 8.81. The zero-order valence-corrected chi connectivity index (χ0v) is 23.5. The number of ether oxygens (including phenoxy) is 2. The van der Waals surface area contributed by atoms with Crippen LogP contribution in [-0.2, 0) is 21.6 Å². The molecule has 0 aliphatic rings. The highest BCUT2D eigenvalue weighted by atomic mass is 32.1. The van der Waals surface area contributed by atoms with Gasteiger partial charge < -0.3 is 19.9 Å². The molecule has 1 aromatic carbocycles. The zero-order chi connectivity index (χ0) is 29.1. The number of para-hydroxylation sites is 1. The van der Waals surface area contributed by atoms with Crippen molar-refractivity contribution in [2.75, 3.05) is 13.7 Å². The fraction of sp³-hybridized carbons (Fsp3) is 0.444. The maximum absolute atomic E-state index is 14.0. The second kappa shape index (κ2) is 11.8. The van der Waals surface area contributed by atoms with Gasteiger partial charge in [0.2, 0.25) is 5.91 Å². The highest BCUT2D eigenvalue weighted by molar-refractivity contribution is 7.20. The fourth-order valence-electron chi connectivity index (χ4n) is 4.33. The molecule has 0 saturated carbocycles. The molecule has 39 heavy (non-hydrogen) atoms. The number of benzene rings is 1. The van der Waals surface area contributed by atoms with E-state index in [0.29, 0.717) is 11.3 Å². The summed E-state index contributed by atoms with van der Waals surface area (Å²) in [4.78, 5) is 53.0. The summed E-state index contributed by atoms with van der Waals surface area (Å²) in [5.74, 6) is -1.29. The lowest BCUT2D eigenvalue weighted by Crippen LogP contribution is -2.56. The number of hydrogen-bond donors (Lipinski definition) is 2. The third-order valence-corrected chi connectivity index (χ3v) is 7.61. The lowest BCUT2D eigenvalue weighted by Gasteiger charge is -2.28. The van der Waals surface area contributed by atoms with Gasteiger partial charge in [-0.25, -0.2) is 14.2 Å². The Bertz CT molecular complexity index is 1560. The van der Waals surface area contributed by atoms with E-state index in [4.69, 9.17) is 14.7 Å². The van der Waals surface area contributed by atoms with Crippen LogP contribution in [0, 0.1) is 18.3 Å². The number of fused-ring (bicyclic) bond motifs is 1. The van der Waals surface area contributed by atoms with Crippen LogP contribution in [0.15, 0.2) is 33.9 Å². The van der Waals surface area contributed by atoms with Gasteiger partial charge in [0.15, 0.2) is 0 Å². The maximum Gasteiger partial charge on any atom is 0.346 e. The Morgan fingerprint density at radius 1 is 1.23 bits per heavy atom. The van der Waals surface area contributed by atoms with E-state index in [2.05, 4.69) is 5.32 Å². The van der Waals surface area contributed by atoms with Gasteiger partial charge in [0.25, 0.3) is 5.56 Å². The van der Waals surface area contributed by atoms with Crippen molar-refractivity contribution in [1.29, 1.82) is 5.26 Å². The van der Waals surface area contributed by atoms with E-state index in [9.17, 15) is 24.3 Å². The van der Waals surface area contributed by atoms with Gasteiger partial charge in [-0.2, -0.15) is 5.26 Å². The number of carbonyl (C=O) groups excluding carboxylic acids is 1. The van der Waals surface area contributed by atoms with Crippen LogP contribution in [0.4, 0.5) is 0 Å². The van der Waals surface area contributed by atoms with Crippen LogP contribution in [-0.4, -0.2) is 45.9 Å². The molecule has 12 heteroatoms. The standard InChI is InChI=1S/C27H32N4O7S/c1-15(2)29-25(35)27(4,5)31-22(32)20-16(3)21(24(33)34)39-23(20)30(26(31)36)14-19(38-13-9-12-28)17-10-7-8-11-18(17)37-6/h7-8,10-11,15,19H,9,13-14H2,1-6H3,(H,29,35)(H,33,34). The number of aromatic carboxylic acids is 1. The van der Waals surface area contributed by atoms with Gasteiger partial charge in [-0.3, -0.25) is 14.2 Å². The van der Waals surface area contributed by atoms with Crippen LogP contribution in [0.5, 0.6) is 5.75 Å². The van der Waals surface area contributed by atoms with Crippen molar-refractivity contribution in [1.82, 2.24) is 14.5 Å². The molecule has 2 aromatic heterocycles. The van der Waals surface area contributed by atoms with Crippen molar-refractivity contribution in [2.45, 2.75) is 65.3 Å². The molecule has 11 nitrogen and oxygen atoms in total. The van der Waals surface area contributed by atoms with Crippen LogP contribution in [0.25, 0.3) is 10.2 Å². The maximum atomic E-state index is 14.0. The molecule has 0 spiro atoms. The molecule has 0 radical (unpaired) electrons. The summed E-state index contributed by atoms with van der Waals surface area (Å²) in [5, 5.41) is 21.6. The molecule has 1 amide bonds. The van der Waals surface area contributed by atoms with Crippen molar-refractivity contribution < 1.29 is 24.2 Å². The number of hydrogen-bond acceptors (Lipinski definition) is 8. The number of carboxylic acid groups (broad SMARTS) is 1. The van der Waals surface area contributed by atoms with E-state index in [1.54, 1.807) is 38.1 Å². The summed E-state index contributed by atoms with van der Waals surface area (Å²) in [5.41, 5.74) is -2.35. The first-order valence-corrected chi connectivity index (χ1v) is 13.1. The second-order valence-electron chi connectivity index (χ2n) is 9.77. The predicted molar refractivity (Wildman–Crippen MR) is 147 cm³/mol. The number of aryl methyl sites for hydroxylation is 1. The number of thiophene rings is 1. The number of nitriles is 1. The molecular weight excluding hydrogens is 524 g/mol. The summed E-state index contributed by atoms with van der Waals surface area (Å²) in [7, 11) is 1.49. The molecule has 0 saturated heterocycles. The Morgan fingerprint density at radius 2 is 1.90 bits per heavy atom. The summed E-state index contributed by atoms with van der Waals surface area (Å²) in [6.07, 6.45) is -0.705. The zero-order valence-electron chi connectivity index (χ0n) is 22.7. The highest BCUT2D eigenvalue weighted by Crippen LogP contribution is 2.33. The molecule has 3 rings (SSSR count). The smallest absolute Gasteiger partial charge is 0.346 e. The topological polar surface area (TPSA) is 153 Å². The number of carboxylic acids is 1. The molecule has 0 aliphatic heterocycles. The molecule has 1 atom stereocenters. The number of amides is 1. The van der Waals surface area contributed by atoms with Crippen LogP contribution in [0.1, 0.15) is 61.0 Å². The minimum atomic E-state index is -1.60. The molecule has 3 aromatic rings. The highest BCUT2D eigenvalue weighted by Gasteiger charge is 2.36. The van der Waals surface area contributed by atoms with Crippen molar-refractivity contribution >= 4 is 33.4 Å². The minimum absolute atomic E-state index is 0.0400. The van der Waals surface area contributed by atoms with Crippen molar-refractivity contribution in [3.8, 4) is 11.8 Å². The van der Waals surface area contributed by atoms with E-state index >= 15 is 0 Å². The lowest BCUT2D eigenvalue weighted by atomic mass is 10.0. The quantitative estimate of drug-likeness (QED) is 0.342. The number of nitrogens with one attached hydrogen (secondary N) is 1. The lowest BCUT2D eigenvalue weighted by molar-refractivity contribution is -0.129. The largest absolute Gasteiger partial charge is 0.496 e. The molecule has 1 unspecified atom stereocenters. The van der Waals surface area contributed by atoms with Gasteiger partial charge in [0, 0.05) is 11.6 Å². The normalized spacial score (nSPS) is 12.4. The molecular formula is C27H32N4O7S. The summed E-state index contributed by atoms with van der Waals surface area (Å²) < 4.78 is 13.7. The average Bonchev–Trinajstić information content (AvgIpc) is 3.22. The Hall–Kier alpha value is -3.95. The van der Waals surface area contributed by atoms with Gasteiger partial charge in [0.1, 0.15) is 27.1 Å². The minimum Gasteiger partial charge on any atom is -0.496 e. The number of rotatable bonds is 11. The Kier molecular flexibility index (Phi) is 8.99. The van der Waals surface area contributed by atoms with Crippen molar-refractivity contribution in [3.63, 3.8) is 0 Å². The van der Waals surface area contributed by atoms with E-state index in [0.717, 1.165) is 15.9 Å². The number of methoxy groups -OCH3 is 1. The molecule has 0 aliphatic carbocycles. The fourth-order valence-corrected chi connectivity index (χ4v) is 5.47. The summed E-state index contributed by atoms with van der Waals surface area (Å²) >= 11 is 0.811. The van der Waals surface area contributed by atoms with Gasteiger partial charge in [-0.1, -0.05) is 18.2 Å². The van der Waals surface area contributed by atoms with E-state index in [-0.39, 0.29) is 46.3 Å². The monoisotopic (exact) mass is 556 g/mol. The van der Waals surface area contributed by atoms with E-state index < -0.39 is 34.8 Å². The van der Waals surface area contributed by atoms with Gasteiger partial charge in [0.05, 0.1) is 38.1 Å². The Labute approximate surface area is 229 Å². The predicted octanol–water partition coefficient (Wildman–Crippen LogP) is 3.17. The molecule has 208 valence electrons. The molecule has 0 fully saturated rings. The molecule has 2 heterocycles. The molecule has 2 N–H and O–H groups in total. The first kappa shape index (κ1) is 29.6. The Morgan fingerprint density at radius 3 is 2.49 bits per heavy atom. The first-order valence-electron chi connectivity index (χ1n) is 12.3. The van der Waals surface area contributed by atoms with Crippen LogP contribution >= 0.6 is 11.3 Å². The van der Waals surface area contributed by atoms with Gasteiger partial charge in [-0.15, -0.1) is 11.3 Å². The third kappa shape index (κ3) is 5.74. The number of aromatic nitrogens is 2. The summed E-state index contributed by atoms with van der Waals surface area (Å²) in [6.45, 7) is 7.87. The first-order chi connectivity index (χ1) is 18.4. The number of nitrogens with zero attached hydrogens (tertiary/aromatic N) is 3. The van der Waals surface area contributed by atoms with Gasteiger partial charge in [-0.05, 0) is 46.2 Å². The van der Waals surface area contributed by atoms with Crippen molar-refractivity contribution in [3.05, 3.63) is 61.1 Å². The van der Waals surface area contributed by atoms with Crippen LogP contribution in [0.3, 0.4) is 0 Å². The SMILES string of the molecule is COc1ccccc1C(Cn1c(=O)n(C(C)(C)C(=O)NC(C)C)c(=O)c2c(C)c(C(=O)O)sc21)OCCC#N. The van der Waals surface area contributed by atoms with E-state index in [1.807, 2.05) is 6.07 Å². The Balaban J connectivity index is 2.36.